The lowest BCUT2D eigenvalue weighted by Crippen LogP contribution is -1.97. The molecule has 19 heavy (non-hydrogen) atoms. The summed E-state index contributed by atoms with van der Waals surface area (Å²) in [6.07, 6.45) is 8.84. The molecule has 0 N–H and O–H groups in total. The van der Waals surface area contributed by atoms with E-state index in [-0.39, 0.29) is 0 Å². The Bertz CT molecular complexity index is 360. The molecule has 108 valence electrons. The molecule has 0 fully saturated rings. The monoisotopic (exact) mass is 364 g/mol. The molecule has 0 saturated carbocycles. The van der Waals surface area contributed by atoms with Gasteiger partial charge in [0, 0.05) is 4.47 Å². The highest BCUT2D eigenvalue weighted by Crippen LogP contribution is 2.27. The molecule has 1 aromatic carbocycles. The third kappa shape index (κ3) is 8.11. The Morgan fingerprint density at radius 3 is 2.26 bits per heavy atom. The minimum Gasteiger partial charge on any atom is -0.492 e. The average Bonchev–Trinajstić information content (AvgIpc) is 2.39. The number of rotatable bonds is 10. The lowest BCUT2D eigenvalue weighted by molar-refractivity contribution is 0.304. The van der Waals surface area contributed by atoms with Gasteiger partial charge in [-0.05, 0) is 36.8 Å². The normalized spacial score (nSPS) is 10.7. The van der Waals surface area contributed by atoms with Crippen LogP contribution in [0.25, 0.3) is 0 Å². The Labute approximate surface area is 135 Å². The Balaban J connectivity index is 2.01. The van der Waals surface area contributed by atoms with Crippen molar-refractivity contribution in [3.63, 3.8) is 0 Å². The van der Waals surface area contributed by atoms with Gasteiger partial charge >= 0.3 is 0 Å². The zero-order chi connectivity index (χ0) is 13.9. The zero-order valence-corrected chi connectivity index (χ0v) is 14.4. The molecule has 0 heterocycles. The van der Waals surface area contributed by atoms with Crippen molar-refractivity contribution < 1.29 is 4.74 Å². The van der Waals surface area contributed by atoms with E-state index in [0.29, 0.717) is 5.02 Å². The van der Waals surface area contributed by atoms with Crippen molar-refractivity contribution in [1.29, 1.82) is 0 Å². The number of hydrogen-bond donors (Lipinski definition) is 1. The highest BCUT2D eigenvalue weighted by molar-refractivity contribution is 9.10. The summed E-state index contributed by atoms with van der Waals surface area (Å²) in [5.74, 6) is 1.79. The maximum Gasteiger partial charge on any atom is 0.137 e. The van der Waals surface area contributed by atoms with Crippen molar-refractivity contribution in [2.45, 2.75) is 44.9 Å². The van der Waals surface area contributed by atoms with Crippen molar-refractivity contribution in [3.8, 4) is 5.75 Å². The number of unbranched alkanes of at least 4 members (excludes halogenated alkanes) is 6. The van der Waals surface area contributed by atoms with Crippen LogP contribution in [0.1, 0.15) is 44.9 Å². The highest BCUT2D eigenvalue weighted by atomic mass is 79.9. The van der Waals surface area contributed by atoms with E-state index in [4.69, 9.17) is 16.3 Å². The quantitative estimate of drug-likeness (QED) is 0.387. The fourth-order valence-corrected chi connectivity index (χ4v) is 2.82. The van der Waals surface area contributed by atoms with E-state index in [1.807, 2.05) is 18.2 Å². The second-order valence-corrected chi connectivity index (χ2v) is 6.39. The molecule has 0 aliphatic carbocycles. The summed E-state index contributed by atoms with van der Waals surface area (Å²) in [5, 5.41) is 0.668. The maximum absolute atomic E-state index is 6.08. The zero-order valence-electron chi connectivity index (χ0n) is 11.2. The third-order valence-electron chi connectivity index (χ3n) is 2.95. The van der Waals surface area contributed by atoms with E-state index >= 15 is 0 Å². The highest BCUT2D eigenvalue weighted by Gasteiger charge is 2.01. The van der Waals surface area contributed by atoms with Gasteiger partial charge in [-0.25, -0.2) is 0 Å². The van der Waals surface area contributed by atoms with E-state index < -0.39 is 0 Å². The predicted molar refractivity (Wildman–Crippen MR) is 90.8 cm³/mol. The van der Waals surface area contributed by atoms with Crippen LogP contribution >= 0.6 is 40.2 Å². The van der Waals surface area contributed by atoms with Crippen LogP contribution in [0, 0.1) is 0 Å². The molecule has 0 radical (unpaired) electrons. The van der Waals surface area contributed by atoms with Gasteiger partial charge in [-0.15, -0.1) is 0 Å². The number of ether oxygens (including phenoxy) is 1. The standard InChI is InChI=1S/C15H22BrClOS/c16-13-8-9-15(14(17)12-13)18-10-6-4-2-1-3-5-7-11-19/h8-9,12,19H,1-7,10-11H2. The SMILES string of the molecule is SCCCCCCCCCOc1ccc(Br)cc1Cl. The first kappa shape index (κ1) is 17.2. The summed E-state index contributed by atoms with van der Waals surface area (Å²) >= 11 is 13.7. The molecule has 0 unspecified atom stereocenters. The fourth-order valence-electron chi connectivity index (χ4n) is 1.87. The summed E-state index contributed by atoms with van der Waals surface area (Å²) in [7, 11) is 0. The lowest BCUT2D eigenvalue weighted by atomic mass is 10.1. The van der Waals surface area contributed by atoms with Crippen LogP contribution in [0.5, 0.6) is 5.75 Å². The molecule has 0 atom stereocenters. The van der Waals surface area contributed by atoms with Crippen LogP contribution in [0.4, 0.5) is 0 Å². The summed E-state index contributed by atoms with van der Waals surface area (Å²) < 4.78 is 6.65. The Morgan fingerprint density at radius 1 is 1.00 bits per heavy atom. The molecule has 0 aliphatic rings. The molecule has 1 nitrogen and oxygen atoms in total. The summed E-state index contributed by atoms with van der Waals surface area (Å²) in [5.41, 5.74) is 0. The van der Waals surface area contributed by atoms with Gasteiger partial charge in [-0.3, -0.25) is 0 Å². The third-order valence-corrected chi connectivity index (χ3v) is 4.06. The predicted octanol–water partition coefficient (Wildman–Crippen LogP) is 6.14. The molecule has 4 heteroatoms. The first-order valence-electron chi connectivity index (χ1n) is 6.93. The van der Waals surface area contributed by atoms with Gasteiger partial charge in [0.25, 0.3) is 0 Å². The average molecular weight is 366 g/mol. The molecular formula is C15H22BrClOS. The minimum absolute atomic E-state index is 0.668. The Hall–Kier alpha value is 0.140. The van der Waals surface area contributed by atoms with Crippen LogP contribution in [0.15, 0.2) is 22.7 Å². The largest absolute Gasteiger partial charge is 0.492 e. The first-order chi connectivity index (χ1) is 9.24. The molecule has 1 rings (SSSR count). The van der Waals surface area contributed by atoms with Gasteiger partial charge < -0.3 is 4.74 Å². The molecular weight excluding hydrogens is 344 g/mol. The fraction of sp³-hybridized carbons (Fsp3) is 0.600. The second kappa shape index (κ2) is 10.9. The molecule has 0 bridgehead atoms. The minimum atomic E-state index is 0.668. The Kier molecular flexibility index (Phi) is 9.84. The van der Waals surface area contributed by atoms with Crippen LogP contribution in [0.3, 0.4) is 0 Å². The summed E-state index contributed by atoms with van der Waals surface area (Å²) in [4.78, 5) is 0. The van der Waals surface area contributed by atoms with Gasteiger partial charge in [-0.1, -0.05) is 59.6 Å². The van der Waals surface area contributed by atoms with Crippen LogP contribution in [-0.4, -0.2) is 12.4 Å². The van der Waals surface area contributed by atoms with Gasteiger partial charge in [0.15, 0.2) is 0 Å². The lowest BCUT2D eigenvalue weighted by Gasteiger charge is -2.08. The molecule has 0 aliphatic heterocycles. The van der Waals surface area contributed by atoms with E-state index in [1.165, 1.54) is 38.5 Å². The van der Waals surface area contributed by atoms with Crippen molar-refractivity contribution in [1.82, 2.24) is 0 Å². The molecule has 0 amide bonds. The number of hydrogen-bond acceptors (Lipinski definition) is 2. The van der Waals surface area contributed by atoms with E-state index in [9.17, 15) is 0 Å². The molecule has 1 aromatic rings. The molecule has 0 spiro atoms. The van der Waals surface area contributed by atoms with Crippen LogP contribution < -0.4 is 4.74 Å². The second-order valence-electron chi connectivity index (χ2n) is 4.62. The topological polar surface area (TPSA) is 9.23 Å². The van der Waals surface area contributed by atoms with Crippen molar-refractivity contribution in [3.05, 3.63) is 27.7 Å². The van der Waals surface area contributed by atoms with Crippen LogP contribution in [-0.2, 0) is 0 Å². The van der Waals surface area contributed by atoms with Crippen molar-refractivity contribution in [2.75, 3.05) is 12.4 Å². The van der Waals surface area contributed by atoms with Gasteiger partial charge in [-0.2, -0.15) is 12.6 Å². The molecule has 0 aromatic heterocycles. The van der Waals surface area contributed by atoms with Gasteiger partial charge in [0.05, 0.1) is 11.6 Å². The number of benzene rings is 1. The smallest absolute Gasteiger partial charge is 0.137 e. The summed E-state index contributed by atoms with van der Waals surface area (Å²) in [6.45, 7) is 0.748. The molecule has 0 saturated heterocycles. The number of halogens is 2. The Morgan fingerprint density at radius 2 is 1.63 bits per heavy atom. The van der Waals surface area contributed by atoms with Crippen LogP contribution in [0.2, 0.25) is 5.02 Å². The maximum atomic E-state index is 6.08. The van der Waals surface area contributed by atoms with E-state index in [2.05, 4.69) is 28.6 Å². The van der Waals surface area contributed by atoms with Gasteiger partial charge in [0.2, 0.25) is 0 Å². The van der Waals surface area contributed by atoms with E-state index in [0.717, 1.165) is 29.0 Å². The van der Waals surface area contributed by atoms with Gasteiger partial charge in [0.1, 0.15) is 5.75 Å². The van der Waals surface area contributed by atoms with Crippen molar-refractivity contribution in [2.24, 2.45) is 0 Å². The number of thiol groups is 1. The summed E-state index contributed by atoms with van der Waals surface area (Å²) in [6, 6.07) is 5.71. The van der Waals surface area contributed by atoms with Crippen molar-refractivity contribution >= 4 is 40.2 Å². The first-order valence-corrected chi connectivity index (χ1v) is 8.73. The van der Waals surface area contributed by atoms with E-state index in [1.54, 1.807) is 0 Å².